The Kier molecular flexibility index (Phi) is 1.17. The van der Waals surface area contributed by atoms with Gasteiger partial charge in [-0.25, -0.2) is 0 Å². The topological polar surface area (TPSA) is 50.1 Å². The molecule has 0 spiro atoms. The van der Waals surface area contributed by atoms with Crippen molar-refractivity contribution in [2.75, 3.05) is 6.61 Å². The predicted molar refractivity (Wildman–Crippen MR) is 24.4 cm³/mol. The van der Waals surface area contributed by atoms with Crippen molar-refractivity contribution < 1.29 is 9.53 Å². The molecular formula is C5H4NO2. The Morgan fingerprint density at radius 3 is 3.00 bits per heavy atom. The molecule has 8 heavy (non-hydrogen) atoms. The first kappa shape index (κ1) is 5.10. The van der Waals surface area contributed by atoms with E-state index in [2.05, 4.69) is 4.74 Å². The second-order valence-electron chi connectivity index (χ2n) is 1.47. The van der Waals surface area contributed by atoms with Crippen LogP contribution in [0, 0.1) is 23.7 Å². The summed E-state index contributed by atoms with van der Waals surface area (Å²) >= 11 is 0. The molecule has 1 fully saturated rings. The van der Waals surface area contributed by atoms with Crippen molar-refractivity contribution in [3.8, 4) is 6.07 Å². The Morgan fingerprint density at radius 1 is 2.00 bits per heavy atom. The molecule has 41 valence electrons. The highest BCUT2D eigenvalue weighted by Gasteiger charge is 2.25. The number of carbonyl (C=O) groups excluding carboxylic acids is 1. The number of carbonyl (C=O) groups is 1. The van der Waals surface area contributed by atoms with Crippen LogP contribution in [0.3, 0.4) is 0 Å². The van der Waals surface area contributed by atoms with Gasteiger partial charge in [0.25, 0.3) is 0 Å². The van der Waals surface area contributed by atoms with E-state index in [0.717, 1.165) is 0 Å². The molecule has 3 heteroatoms. The third-order valence-electron chi connectivity index (χ3n) is 0.951. The summed E-state index contributed by atoms with van der Waals surface area (Å²) in [5, 5.41) is 8.15. The fourth-order valence-electron chi connectivity index (χ4n) is 0.518. The Labute approximate surface area is 46.9 Å². The van der Waals surface area contributed by atoms with Gasteiger partial charge in [-0.15, -0.1) is 0 Å². The first-order valence-electron chi connectivity index (χ1n) is 2.24. The summed E-state index contributed by atoms with van der Waals surface area (Å²) in [6, 6.07) is 1.78. The van der Waals surface area contributed by atoms with Crippen LogP contribution in [-0.2, 0) is 9.53 Å². The maximum atomic E-state index is 10.3. The molecule has 0 amide bonds. The van der Waals surface area contributed by atoms with Crippen molar-refractivity contribution in [3.05, 3.63) is 6.42 Å². The lowest BCUT2D eigenvalue weighted by atomic mass is 10.1. The fourth-order valence-corrected chi connectivity index (χ4v) is 0.518. The minimum absolute atomic E-state index is 0.289. The number of cyclic esters (lactones) is 1. The van der Waals surface area contributed by atoms with Crippen LogP contribution in [0.4, 0.5) is 0 Å². The van der Waals surface area contributed by atoms with Gasteiger partial charge in [-0.2, -0.15) is 5.26 Å². The summed E-state index contributed by atoms with van der Waals surface area (Å²) in [5.74, 6) is -1.04. The number of hydrogen-bond donors (Lipinski definition) is 0. The molecule has 1 radical (unpaired) electrons. The normalized spacial score (nSPS) is 26.9. The van der Waals surface area contributed by atoms with Gasteiger partial charge in [-0.3, -0.25) is 4.79 Å². The highest BCUT2D eigenvalue weighted by atomic mass is 16.5. The van der Waals surface area contributed by atoms with E-state index in [9.17, 15) is 4.79 Å². The molecule has 0 saturated carbocycles. The molecule has 0 aromatic carbocycles. The highest BCUT2D eigenvalue weighted by Crippen LogP contribution is 2.10. The molecule has 1 aliphatic rings. The number of hydrogen-bond acceptors (Lipinski definition) is 3. The number of rotatable bonds is 0. The first-order chi connectivity index (χ1) is 3.84. The predicted octanol–water partition coefficient (Wildman–Crippen LogP) is -0.113. The number of ether oxygens (including phenoxy) is 1. The number of nitrogens with zero attached hydrogens (tertiary/aromatic N) is 1. The van der Waals surface area contributed by atoms with Gasteiger partial charge in [-0.05, 0) is 0 Å². The van der Waals surface area contributed by atoms with E-state index in [1.165, 1.54) is 0 Å². The lowest BCUT2D eigenvalue weighted by molar-refractivity contribution is -0.139. The van der Waals surface area contributed by atoms with E-state index >= 15 is 0 Å². The van der Waals surface area contributed by atoms with E-state index in [1.807, 2.05) is 0 Å². The molecule has 0 aromatic heterocycles. The van der Waals surface area contributed by atoms with Gasteiger partial charge in [0.1, 0.15) is 0 Å². The summed E-state index contributed by atoms with van der Waals surface area (Å²) in [6.07, 6.45) is 1.54. The van der Waals surface area contributed by atoms with E-state index in [-0.39, 0.29) is 6.61 Å². The fraction of sp³-hybridized carbons (Fsp3) is 0.400. The van der Waals surface area contributed by atoms with Gasteiger partial charge < -0.3 is 4.74 Å². The van der Waals surface area contributed by atoms with Crippen molar-refractivity contribution in [2.24, 2.45) is 5.92 Å². The lowest BCUT2D eigenvalue weighted by Gasteiger charge is -1.86. The standard InChI is InChI=1S/C5H4NO2/c6-3-4-1-2-8-5(4)7/h1,4H,2H2. The van der Waals surface area contributed by atoms with Crippen molar-refractivity contribution in [3.63, 3.8) is 0 Å². The summed E-state index contributed by atoms with van der Waals surface area (Å²) in [4.78, 5) is 10.3. The quantitative estimate of drug-likeness (QED) is 0.409. The largest absolute Gasteiger partial charge is 0.464 e. The maximum Gasteiger partial charge on any atom is 0.323 e. The molecule has 0 bridgehead atoms. The van der Waals surface area contributed by atoms with Crippen molar-refractivity contribution in [1.82, 2.24) is 0 Å². The Balaban J connectivity index is 2.58. The van der Waals surface area contributed by atoms with Crippen LogP contribution in [0.1, 0.15) is 0 Å². The average molecular weight is 110 g/mol. The van der Waals surface area contributed by atoms with Crippen molar-refractivity contribution in [1.29, 1.82) is 5.26 Å². The van der Waals surface area contributed by atoms with Gasteiger partial charge in [-0.1, -0.05) is 0 Å². The second-order valence-corrected chi connectivity index (χ2v) is 1.47. The van der Waals surface area contributed by atoms with Crippen LogP contribution in [0.2, 0.25) is 0 Å². The summed E-state index contributed by atoms with van der Waals surface area (Å²) in [5.41, 5.74) is 0. The molecule has 1 rings (SSSR count). The van der Waals surface area contributed by atoms with Gasteiger partial charge >= 0.3 is 5.97 Å². The zero-order valence-corrected chi connectivity index (χ0v) is 4.13. The second kappa shape index (κ2) is 1.83. The van der Waals surface area contributed by atoms with Crippen LogP contribution in [0.25, 0.3) is 0 Å². The minimum atomic E-state index is -0.616. The lowest BCUT2D eigenvalue weighted by Crippen LogP contribution is -2.03. The van der Waals surface area contributed by atoms with Crippen LogP contribution >= 0.6 is 0 Å². The molecule has 0 aromatic rings. The number of nitriles is 1. The Morgan fingerprint density at radius 2 is 2.75 bits per heavy atom. The molecule has 0 aliphatic carbocycles. The van der Waals surface area contributed by atoms with Crippen molar-refractivity contribution >= 4 is 5.97 Å². The van der Waals surface area contributed by atoms with Gasteiger partial charge in [0, 0.05) is 6.42 Å². The summed E-state index contributed by atoms with van der Waals surface area (Å²) < 4.78 is 4.44. The third kappa shape index (κ3) is 0.648. The zero-order chi connectivity index (χ0) is 5.98. The molecular weight excluding hydrogens is 106 g/mol. The van der Waals surface area contributed by atoms with Gasteiger partial charge in [0.05, 0.1) is 12.7 Å². The Hall–Kier alpha value is -1.04. The van der Waals surface area contributed by atoms with Gasteiger partial charge in [0.2, 0.25) is 0 Å². The maximum absolute atomic E-state index is 10.3. The smallest absolute Gasteiger partial charge is 0.323 e. The first-order valence-corrected chi connectivity index (χ1v) is 2.24. The zero-order valence-electron chi connectivity index (χ0n) is 4.13. The Bertz CT molecular complexity index is 147. The molecule has 1 unspecified atom stereocenters. The van der Waals surface area contributed by atoms with Crippen molar-refractivity contribution in [2.45, 2.75) is 0 Å². The molecule has 1 aliphatic heterocycles. The van der Waals surface area contributed by atoms with E-state index in [4.69, 9.17) is 5.26 Å². The monoisotopic (exact) mass is 110 g/mol. The molecule has 3 nitrogen and oxygen atoms in total. The molecule has 1 atom stereocenters. The third-order valence-corrected chi connectivity index (χ3v) is 0.951. The summed E-state index contributed by atoms with van der Waals surface area (Å²) in [6.45, 7) is 0.289. The number of esters is 1. The van der Waals surface area contributed by atoms with Crippen LogP contribution in [-0.4, -0.2) is 12.6 Å². The highest BCUT2D eigenvalue weighted by molar-refractivity contribution is 5.78. The van der Waals surface area contributed by atoms with E-state index < -0.39 is 11.9 Å². The molecule has 1 saturated heterocycles. The van der Waals surface area contributed by atoms with Crippen LogP contribution in [0.5, 0.6) is 0 Å². The summed E-state index contributed by atoms with van der Waals surface area (Å²) in [7, 11) is 0. The van der Waals surface area contributed by atoms with E-state index in [1.54, 1.807) is 12.5 Å². The van der Waals surface area contributed by atoms with Gasteiger partial charge in [0.15, 0.2) is 5.92 Å². The minimum Gasteiger partial charge on any atom is -0.464 e. The SMILES string of the molecule is N#CC1[CH]COC1=O. The van der Waals surface area contributed by atoms with E-state index in [0.29, 0.717) is 0 Å². The molecule has 0 N–H and O–H groups in total. The molecule has 1 heterocycles. The van der Waals surface area contributed by atoms with Crippen LogP contribution in [0.15, 0.2) is 0 Å². The average Bonchev–Trinajstić information content (AvgIpc) is 2.14. The van der Waals surface area contributed by atoms with Crippen LogP contribution < -0.4 is 0 Å².